The Hall–Kier alpha value is 0.567. The summed E-state index contributed by atoms with van der Waals surface area (Å²) >= 11 is 4.55. The number of hydrogen-bond acceptors (Lipinski definition) is 1. The fourth-order valence-electron chi connectivity index (χ4n) is 2.53. The fourth-order valence-corrected chi connectivity index (χ4v) is 5.13. The molecule has 2 rings (SSSR count). The van der Waals surface area contributed by atoms with E-state index in [0.29, 0.717) is 0 Å². The van der Waals surface area contributed by atoms with Crippen LogP contribution in [-0.2, 0) is 0 Å². The Labute approximate surface area is 64.3 Å². The van der Waals surface area contributed by atoms with Gasteiger partial charge in [0, 0.05) is 0 Å². The predicted molar refractivity (Wildman–Crippen MR) is 46.8 cm³/mol. The maximum atomic E-state index is 4.55. The monoisotopic (exact) mass is 158 g/mol. The number of hydrogen-bond donors (Lipinski definition) is 1. The molecule has 2 saturated carbocycles. The maximum absolute atomic E-state index is 4.55. The standard InChI is InChI=1S/C7H14SSi/c8-9-7-3-1-6(5-7)2-4-7/h6,8H,1-5,9H2. The van der Waals surface area contributed by atoms with Crippen molar-refractivity contribution in [2.75, 3.05) is 0 Å². The summed E-state index contributed by atoms with van der Waals surface area (Å²) in [7, 11) is 0.0197. The van der Waals surface area contributed by atoms with Crippen LogP contribution < -0.4 is 0 Å². The van der Waals surface area contributed by atoms with Crippen LogP contribution in [0.15, 0.2) is 0 Å². The third-order valence-corrected chi connectivity index (χ3v) is 6.90. The van der Waals surface area contributed by atoms with Gasteiger partial charge in [-0.2, -0.15) is 0 Å². The van der Waals surface area contributed by atoms with E-state index in [2.05, 4.69) is 12.1 Å². The minimum Gasteiger partial charge on any atom is -0.210 e. The first-order chi connectivity index (χ1) is 4.35. The molecule has 9 heavy (non-hydrogen) atoms. The van der Waals surface area contributed by atoms with Crippen LogP contribution in [0.2, 0.25) is 5.04 Å². The van der Waals surface area contributed by atoms with Gasteiger partial charge in [-0.3, -0.25) is 0 Å². The lowest BCUT2D eigenvalue weighted by Gasteiger charge is -2.22. The summed E-state index contributed by atoms with van der Waals surface area (Å²) < 4.78 is 0. The molecule has 0 amide bonds. The van der Waals surface area contributed by atoms with Crippen molar-refractivity contribution < 1.29 is 0 Å². The Morgan fingerprint density at radius 1 is 1.33 bits per heavy atom. The smallest absolute Gasteiger partial charge is 0.0874 e. The van der Waals surface area contributed by atoms with E-state index in [-0.39, 0.29) is 8.67 Å². The summed E-state index contributed by atoms with van der Waals surface area (Å²) in [5.74, 6) is 1.13. The quantitative estimate of drug-likeness (QED) is 0.436. The van der Waals surface area contributed by atoms with Gasteiger partial charge in [0.1, 0.15) is 0 Å². The number of fused-ring (bicyclic) bond motifs is 2. The molecule has 0 aromatic rings. The van der Waals surface area contributed by atoms with Crippen LogP contribution >= 0.6 is 12.1 Å². The molecular weight excluding hydrogens is 144 g/mol. The number of rotatable bonds is 1. The van der Waals surface area contributed by atoms with Crippen LogP contribution in [-0.4, -0.2) is 8.67 Å². The van der Waals surface area contributed by atoms with Crippen molar-refractivity contribution in [3.05, 3.63) is 0 Å². The zero-order valence-corrected chi connectivity index (χ0v) is 8.08. The third-order valence-electron chi connectivity index (χ3n) is 3.22. The molecule has 2 bridgehead atoms. The van der Waals surface area contributed by atoms with E-state index in [1.54, 1.807) is 6.42 Å². The van der Waals surface area contributed by atoms with E-state index in [0.717, 1.165) is 11.0 Å². The van der Waals surface area contributed by atoms with Crippen molar-refractivity contribution in [3.8, 4) is 0 Å². The second-order valence-electron chi connectivity index (χ2n) is 3.81. The van der Waals surface area contributed by atoms with Gasteiger partial charge in [0.2, 0.25) is 0 Å². The van der Waals surface area contributed by atoms with Gasteiger partial charge in [0.05, 0.1) is 8.67 Å². The van der Waals surface area contributed by atoms with Crippen molar-refractivity contribution in [1.82, 2.24) is 0 Å². The van der Waals surface area contributed by atoms with Gasteiger partial charge in [0.25, 0.3) is 0 Å². The van der Waals surface area contributed by atoms with Crippen LogP contribution in [0.25, 0.3) is 0 Å². The maximum Gasteiger partial charge on any atom is 0.0874 e. The van der Waals surface area contributed by atoms with Crippen molar-refractivity contribution in [2.45, 2.75) is 37.1 Å². The molecule has 52 valence electrons. The molecule has 0 N–H and O–H groups in total. The molecule has 0 aromatic heterocycles. The SMILES string of the molecule is S[SiH2]C12CCC(CC1)C2. The highest BCUT2D eigenvalue weighted by molar-refractivity contribution is 8.07. The minimum absolute atomic E-state index is 0.0197. The Morgan fingerprint density at radius 2 is 2.00 bits per heavy atom. The minimum atomic E-state index is 0.0197. The van der Waals surface area contributed by atoms with Gasteiger partial charge in [-0.05, 0) is 30.2 Å². The summed E-state index contributed by atoms with van der Waals surface area (Å²) in [5.41, 5.74) is 0. The van der Waals surface area contributed by atoms with E-state index < -0.39 is 0 Å². The van der Waals surface area contributed by atoms with E-state index in [1.807, 2.05) is 0 Å². The fraction of sp³-hybridized carbons (Fsp3) is 1.00. The van der Waals surface area contributed by atoms with Crippen molar-refractivity contribution in [3.63, 3.8) is 0 Å². The summed E-state index contributed by atoms with van der Waals surface area (Å²) in [6.45, 7) is 0. The lowest BCUT2D eigenvalue weighted by molar-refractivity contribution is 0.490. The number of thiol groups is 1. The lowest BCUT2D eigenvalue weighted by atomic mass is 10.0. The Kier molecular flexibility index (Phi) is 1.41. The highest BCUT2D eigenvalue weighted by Gasteiger charge is 2.43. The van der Waals surface area contributed by atoms with Crippen LogP contribution in [0, 0.1) is 5.92 Å². The Bertz CT molecular complexity index is 116. The van der Waals surface area contributed by atoms with Crippen molar-refractivity contribution >= 4 is 20.7 Å². The first-order valence-corrected chi connectivity index (χ1v) is 7.19. The average molecular weight is 158 g/mol. The third kappa shape index (κ3) is 0.873. The van der Waals surface area contributed by atoms with Gasteiger partial charge in [-0.1, -0.05) is 12.8 Å². The molecule has 2 aliphatic carbocycles. The second kappa shape index (κ2) is 2.02. The lowest BCUT2D eigenvalue weighted by Crippen LogP contribution is -2.09. The zero-order chi connectivity index (χ0) is 6.32. The Morgan fingerprint density at radius 3 is 2.22 bits per heavy atom. The largest absolute Gasteiger partial charge is 0.210 e. The molecule has 0 saturated heterocycles. The summed E-state index contributed by atoms with van der Waals surface area (Å²) in [6, 6.07) is 0. The van der Waals surface area contributed by atoms with Crippen LogP contribution in [0.4, 0.5) is 0 Å². The van der Waals surface area contributed by atoms with E-state index in [4.69, 9.17) is 0 Å². The predicted octanol–water partition coefficient (Wildman–Crippen LogP) is 1.75. The van der Waals surface area contributed by atoms with Crippen LogP contribution in [0.3, 0.4) is 0 Å². The van der Waals surface area contributed by atoms with Gasteiger partial charge < -0.3 is 0 Å². The van der Waals surface area contributed by atoms with E-state index in [1.165, 1.54) is 25.7 Å². The van der Waals surface area contributed by atoms with Crippen LogP contribution in [0.1, 0.15) is 32.1 Å². The summed E-state index contributed by atoms with van der Waals surface area (Å²) in [6.07, 6.45) is 7.70. The van der Waals surface area contributed by atoms with E-state index >= 15 is 0 Å². The molecule has 0 aromatic carbocycles. The topological polar surface area (TPSA) is 0 Å². The molecule has 0 spiro atoms. The Balaban J connectivity index is 2.13. The van der Waals surface area contributed by atoms with Gasteiger partial charge in [-0.25, -0.2) is 12.1 Å². The van der Waals surface area contributed by atoms with E-state index in [9.17, 15) is 0 Å². The molecular formula is C7H14SSi. The first-order valence-electron chi connectivity index (χ1n) is 3.96. The normalized spacial score (nSPS) is 49.7. The van der Waals surface area contributed by atoms with Crippen molar-refractivity contribution in [2.24, 2.45) is 5.92 Å². The van der Waals surface area contributed by atoms with Gasteiger partial charge >= 0.3 is 0 Å². The zero-order valence-electron chi connectivity index (χ0n) is 5.77. The highest BCUT2D eigenvalue weighted by Crippen LogP contribution is 2.59. The van der Waals surface area contributed by atoms with Crippen molar-refractivity contribution in [1.29, 1.82) is 0 Å². The molecule has 0 heterocycles. The molecule has 2 fully saturated rings. The highest BCUT2D eigenvalue weighted by atomic mass is 32.3. The average Bonchev–Trinajstić information content (AvgIpc) is 2.46. The van der Waals surface area contributed by atoms with Gasteiger partial charge in [0.15, 0.2) is 0 Å². The first kappa shape index (κ1) is 6.29. The molecule has 0 radical (unpaired) electrons. The molecule has 0 unspecified atom stereocenters. The summed E-state index contributed by atoms with van der Waals surface area (Å²) in [5, 5.41) is 0.855. The molecule has 2 heteroatoms. The molecule has 0 atom stereocenters. The molecule has 2 aliphatic rings. The molecule has 0 aliphatic heterocycles. The van der Waals surface area contributed by atoms with Crippen LogP contribution in [0.5, 0.6) is 0 Å². The molecule has 0 nitrogen and oxygen atoms in total. The van der Waals surface area contributed by atoms with Gasteiger partial charge in [-0.15, -0.1) is 0 Å². The summed E-state index contributed by atoms with van der Waals surface area (Å²) in [4.78, 5) is 0. The second-order valence-corrected chi connectivity index (χ2v) is 6.57.